The number of methoxy groups -OCH3 is 1. The largest absolute Gasteiger partial charge is 0.490 e. The average molecular weight is 508 g/mol. The van der Waals surface area contributed by atoms with E-state index in [-0.39, 0.29) is 5.75 Å². The Morgan fingerprint density at radius 1 is 1.16 bits per heavy atom. The summed E-state index contributed by atoms with van der Waals surface area (Å²) in [5, 5.41) is 20.2. The highest BCUT2D eigenvalue weighted by atomic mass is 31.3. The van der Waals surface area contributed by atoms with Gasteiger partial charge in [0.2, 0.25) is 13.3 Å². The highest BCUT2D eigenvalue weighted by Gasteiger charge is 2.46. The summed E-state index contributed by atoms with van der Waals surface area (Å²) in [6.45, 7) is -0.951. The normalized spacial score (nSPS) is 28.1. The Hall–Kier alpha value is -1.13. The predicted molar refractivity (Wildman–Crippen MR) is 97.2 cm³/mol. The molecule has 2 radical (unpaired) electrons. The van der Waals surface area contributed by atoms with Crippen LogP contribution in [-0.2, 0) is 31.6 Å². The molecule has 1 aromatic rings. The lowest BCUT2D eigenvalue weighted by atomic mass is 10.1. The number of aliphatic hydroxyl groups is 2. The summed E-state index contributed by atoms with van der Waals surface area (Å²) < 4.78 is 56.5. The number of hydrogen-bond donors (Lipinski definition) is 6. The van der Waals surface area contributed by atoms with Crippen molar-refractivity contribution in [1.29, 1.82) is 0 Å². The molecule has 2 rings (SSSR count). The zero-order valence-corrected chi connectivity index (χ0v) is 18.0. The van der Waals surface area contributed by atoms with Crippen LogP contribution in [-0.4, -0.2) is 74.0 Å². The van der Waals surface area contributed by atoms with E-state index in [0.29, 0.717) is 4.57 Å². The first kappa shape index (κ1) is 26.1. The van der Waals surface area contributed by atoms with Gasteiger partial charge in [0.15, 0.2) is 6.23 Å². The molecule has 6 atom stereocenters. The summed E-state index contributed by atoms with van der Waals surface area (Å²) >= 11 is 0. The second kappa shape index (κ2) is 9.39. The monoisotopic (exact) mass is 508 g/mol. The van der Waals surface area contributed by atoms with Crippen molar-refractivity contribution in [1.82, 2.24) is 9.55 Å². The topological polar surface area (TPSA) is 253 Å². The number of aromatic nitrogens is 2. The van der Waals surface area contributed by atoms with Gasteiger partial charge in [0.25, 0.3) is 13.0 Å². The van der Waals surface area contributed by atoms with Crippen molar-refractivity contribution in [2.24, 2.45) is 0 Å². The molecule has 2 heterocycles. The third kappa shape index (κ3) is 6.93. The van der Waals surface area contributed by atoms with Gasteiger partial charge in [-0.25, -0.2) is 18.2 Å². The standard InChI is InChI=1S/C10H16BN2O15P3/c1-24-4-2-13(10(17)12-8(4)16)9-7(15)6(14)5(26-9)3-25-29(11,18)27-31(22,23)28-30(19,20)21/h2,5-7,9,14-15H,3H2,1H3,(H,22,23)(H,12,16,17)(H2,19,20,21)/t5-,6?,7+,9-,29?/m1/s1. The lowest BCUT2D eigenvalue weighted by molar-refractivity contribution is -0.0522. The predicted octanol–water partition coefficient (Wildman–Crippen LogP) is -2.32. The molecule has 1 fully saturated rings. The highest BCUT2D eigenvalue weighted by Crippen LogP contribution is 2.66. The van der Waals surface area contributed by atoms with Crippen molar-refractivity contribution in [3.8, 4) is 5.75 Å². The fraction of sp³-hybridized carbons (Fsp3) is 0.600. The molecule has 3 unspecified atom stereocenters. The Kier molecular flexibility index (Phi) is 7.92. The lowest BCUT2D eigenvalue weighted by Gasteiger charge is -2.21. The molecule has 21 heteroatoms. The second-order valence-electron chi connectivity index (χ2n) is 5.87. The lowest BCUT2D eigenvalue weighted by Crippen LogP contribution is -2.38. The summed E-state index contributed by atoms with van der Waals surface area (Å²) in [5.41, 5.74) is -1.91. The van der Waals surface area contributed by atoms with Crippen molar-refractivity contribution in [2.75, 3.05) is 13.7 Å². The summed E-state index contributed by atoms with van der Waals surface area (Å²) in [6.07, 6.45) is -5.78. The van der Waals surface area contributed by atoms with E-state index in [4.69, 9.17) is 31.7 Å². The van der Waals surface area contributed by atoms with Crippen LogP contribution in [0.2, 0.25) is 0 Å². The minimum Gasteiger partial charge on any atom is -0.490 e. The average Bonchev–Trinajstić information content (AvgIpc) is 2.85. The van der Waals surface area contributed by atoms with E-state index in [1.807, 2.05) is 4.98 Å². The first-order valence-electron chi connectivity index (χ1n) is 7.80. The number of aliphatic hydroxyl groups excluding tert-OH is 2. The molecule has 0 aliphatic carbocycles. The minimum atomic E-state index is -5.63. The van der Waals surface area contributed by atoms with Crippen LogP contribution in [0.25, 0.3) is 0 Å². The number of H-pyrrole nitrogens is 1. The maximum atomic E-state index is 12.0. The number of aromatic amines is 1. The fourth-order valence-corrected chi connectivity index (χ4v) is 5.55. The first-order valence-corrected chi connectivity index (χ1v) is 12.4. The molecule has 1 aromatic heterocycles. The Labute approximate surface area is 173 Å². The van der Waals surface area contributed by atoms with Gasteiger partial charge in [0.05, 0.1) is 19.9 Å². The van der Waals surface area contributed by atoms with Gasteiger partial charge in [-0.2, -0.15) is 4.31 Å². The minimum absolute atomic E-state index is 0.326. The van der Waals surface area contributed by atoms with E-state index in [1.165, 1.54) is 0 Å². The van der Waals surface area contributed by atoms with E-state index >= 15 is 0 Å². The van der Waals surface area contributed by atoms with Crippen molar-refractivity contribution in [3.05, 3.63) is 27.0 Å². The Balaban J connectivity index is 2.12. The molecule has 31 heavy (non-hydrogen) atoms. The molecule has 1 aliphatic rings. The molecule has 174 valence electrons. The number of rotatable bonds is 9. The summed E-state index contributed by atoms with van der Waals surface area (Å²) in [7, 11) is -9.99. The summed E-state index contributed by atoms with van der Waals surface area (Å²) in [5.74, 6) is -0.326. The fourth-order valence-electron chi connectivity index (χ4n) is 2.39. The molecule has 0 bridgehead atoms. The zero-order chi connectivity index (χ0) is 23.8. The number of ether oxygens (including phenoxy) is 2. The SMILES string of the molecule is [B]P(=O)(OC[C@H]1O[C@@H](n2cc(OC)c(=O)[nH]c2=O)[C@@H](O)C1O)OP(=O)(O)OP(=O)(O)O. The van der Waals surface area contributed by atoms with Gasteiger partial charge in [0.1, 0.15) is 18.3 Å². The van der Waals surface area contributed by atoms with Crippen LogP contribution in [0, 0.1) is 0 Å². The van der Waals surface area contributed by atoms with Gasteiger partial charge in [0, 0.05) is 0 Å². The molecular formula is C10H16BN2O15P3. The van der Waals surface area contributed by atoms with Gasteiger partial charge < -0.3 is 38.9 Å². The Bertz CT molecular complexity index is 1070. The maximum Gasteiger partial charge on any atom is 0.487 e. The quantitative estimate of drug-likeness (QED) is 0.151. The van der Waals surface area contributed by atoms with Crippen molar-refractivity contribution in [2.45, 2.75) is 24.5 Å². The maximum absolute atomic E-state index is 12.0. The van der Waals surface area contributed by atoms with Crippen LogP contribution >= 0.6 is 23.1 Å². The molecule has 0 spiro atoms. The molecule has 1 aliphatic heterocycles. The van der Waals surface area contributed by atoms with Crippen molar-refractivity contribution >= 4 is 30.7 Å². The summed E-state index contributed by atoms with van der Waals surface area (Å²) in [6, 6.07) is 0. The van der Waals surface area contributed by atoms with Crippen molar-refractivity contribution in [3.63, 3.8) is 0 Å². The van der Waals surface area contributed by atoms with Crippen LogP contribution in [0.3, 0.4) is 0 Å². The molecule has 0 aromatic carbocycles. The number of hydrogen-bond acceptors (Lipinski definition) is 12. The molecular weight excluding hydrogens is 492 g/mol. The van der Waals surface area contributed by atoms with Gasteiger partial charge in [-0.05, 0) is 0 Å². The molecule has 1 saturated heterocycles. The van der Waals surface area contributed by atoms with Crippen LogP contribution < -0.4 is 16.0 Å². The molecule has 0 saturated carbocycles. The third-order valence-corrected chi connectivity index (χ3v) is 7.53. The van der Waals surface area contributed by atoms with Crippen LogP contribution in [0.1, 0.15) is 6.23 Å². The van der Waals surface area contributed by atoms with E-state index in [0.717, 1.165) is 13.3 Å². The Morgan fingerprint density at radius 3 is 2.32 bits per heavy atom. The van der Waals surface area contributed by atoms with Gasteiger partial charge >= 0.3 is 21.3 Å². The number of phosphoric acid groups is 2. The van der Waals surface area contributed by atoms with Gasteiger partial charge in [-0.3, -0.25) is 18.9 Å². The summed E-state index contributed by atoms with van der Waals surface area (Å²) in [4.78, 5) is 51.5. The van der Waals surface area contributed by atoms with Crippen LogP contribution in [0.15, 0.2) is 15.8 Å². The zero-order valence-electron chi connectivity index (χ0n) is 15.3. The molecule has 6 N–H and O–H groups in total. The molecule has 0 amide bonds. The molecule has 17 nitrogen and oxygen atoms in total. The van der Waals surface area contributed by atoms with Crippen LogP contribution in [0.4, 0.5) is 0 Å². The van der Waals surface area contributed by atoms with E-state index < -0.39 is 65.5 Å². The van der Waals surface area contributed by atoms with Crippen molar-refractivity contribution < 1.29 is 61.2 Å². The number of nitrogens with one attached hydrogen (secondary N) is 1. The third-order valence-electron chi connectivity index (χ3n) is 3.61. The van der Waals surface area contributed by atoms with E-state index in [9.17, 15) is 33.5 Å². The smallest absolute Gasteiger partial charge is 0.487 e. The van der Waals surface area contributed by atoms with E-state index in [1.54, 1.807) is 0 Å². The second-order valence-corrected chi connectivity index (χ2v) is 10.4. The highest BCUT2D eigenvalue weighted by molar-refractivity contribution is 7.84. The van der Waals surface area contributed by atoms with Gasteiger partial charge in [-0.1, -0.05) is 0 Å². The van der Waals surface area contributed by atoms with E-state index in [2.05, 4.69) is 13.1 Å². The number of nitrogens with zero attached hydrogens (tertiary/aromatic N) is 1. The Morgan fingerprint density at radius 2 is 1.77 bits per heavy atom. The van der Waals surface area contributed by atoms with Gasteiger partial charge in [-0.15, -0.1) is 0 Å². The first-order chi connectivity index (χ1) is 14.1. The van der Waals surface area contributed by atoms with Crippen LogP contribution in [0.5, 0.6) is 5.75 Å².